The van der Waals surface area contributed by atoms with Crippen molar-refractivity contribution < 1.29 is 23.9 Å². The quantitative estimate of drug-likeness (QED) is 0.612. The molecule has 8 heteroatoms. The van der Waals surface area contributed by atoms with Crippen LogP contribution >= 0.6 is 0 Å². The van der Waals surface area contributed by atoms with Crippen molar-refractivity contribution in [3.8, 4) is 11.5 Å². The molecule has 3 N–H and O–H groups in total. The number of hydrogen-bond acceptors (Lipinski definition) is 5. The van der Waals surface area contributed by atoms with Crippen molar-refractivity contribution in [3.63, 3.8) is 0 Å². The molecule has 0 saturated heterocycles. The van der Waals surface area contributed by atoms with E-state index in [0.717, 1.165) is 0 Å². The van der Waals surface area contributed by atoms with Gasteiger partial charge in [0.05, 0.1) is 7.11 Å². The van der Waals surface area contributed by atoms with E-state index in [1.54, 1.807) is 48.5 Å². The summed E-state index contributed by atoms with van der Waals surface area (Å²) < 4.78 is 10.4. The van der Waals surface area contributed by atoms with Gasteiger partial charge in [0.2, 0.25) is 11.8 Å². The zero-order chi connectivity index (χ0) is 19.5. The minimum Gasteiger partial charge on any atom is -0.493 e. The number of amides is 3. The van der Waals surface area contributed by atoms with Gasteiger partial charge in [0.1, 0.15) is 0 Å². The minimum atomic E-state index is -0.539. The lowest BCUT2D eigenvalue weighted by atomic mass is 10.2. The molecule has 0 aliphatic rings. The first-order valence-corrected chi connectivity index (χ1v) is 8.27. The molecule has 0 bridgehead atoms. The summed E-state index contributed by atoms with van der Waals surface area (Å²) in [5.41, 5.74) is 5.12. The molecule has 2 aromatic carbocycles. The molecule has 0 aromatic heterocycles. The van der Waals surface area contributed by atoms with Gasteiger partial charge in [-0.15, -0.1) is 0 Å². The van der Waals surface area contributed by atoms with Gasteiger partial charge >= 0.3 is 0 Å². The smallest absolute Gasteiger partial charge is 0.276 e. The average molecular weight is 371 g/mol. The molecule has 0 spiro atoms. The molecule has 0 unspecified atom stereocenters. The Kier molecular flexibility index (Phi) is 7.65. The first-order chi connectivity index (χ1) is 13.1. The van der Waals surface area contributed by atoms with Gasteiger partial charge in [0.15, 0.2) is 18.1 Å². The highest BCUT2D eigenvalue weighted by molar-refractivity contribution is 5.93. The third kappa shape index (κ3) is 7.07. The van der Waals surface area contributed by atoms with Crippen molar-refractivity contribution in [1.82, 2.24) is 10.9 Å². The lowest BCUT2D eigenvalue weighted by molar-refractivity contribution is -0.130. The maximum absolute atomic E-state index is 11.8. The maximum atomic E-state index is 11.8. The second-order valence-electron chi connectivity index (χ2n) is 5.45. The van der Waals surface area contributed by atoms with Crippen LogP contribution in [0.4, 0.5) is 5.69 Å². The molecule has 142 valence electrons. The van der Waals surface area contributed by atoms with E-state index in [4.69, 9.17) is 9.47 Å². The number of benzene rings is 2. The summed E-state index contributed by atoms with van der Waals surface area (Å²) in [4.78, 5) is 35.2. The highest BCUT2D eigenvalue weighted by atomic mass is 16.5. The zero-order valence-corrected chi connectivity index (χ0v) is 14.9. The number of carbonyl (C=O) groups excluding carboxylic acids is 3. The van der Waals surface area contributed by atoms with Gasteiger partial charge in [-0.05, 0) is 24.3 Å². The number of carbonyl (C=O) groups is 3. The predicted molar refractivity (Wildman–Crippen MR) is 99.1 cm³/mol. The molecular weight excluding hydrogens is 350 g/mol. The number of methoxy groups -OCH3 is 1. The van der Waals surface area contributed by atoms with Crippen molar-refractivity contribution in [2.75, 3.05) is 19.0 Å². The zero-order valence-electron chi connectivity index (χ0n) is 14.9. The van der Waals surface area contributed by atoms with Crippen LogP contribution in [0.3, 0.4) is 0 Å². The lowest BCUT2D eigenvalue weighted by Gasteiger charge is -2.11. The molecule has 27 heavy (non-hydrogen) atoms. The van der Waals surface area contributed by atoms with E-state index in [-0.39, 0.29) is 25.4 Å². The van der Waals surface area contributed by atoms with Gasteiger partial charge in [0.25, 0.3) is 5.91 Å². The van der Waals surface area contributed by atoms with Crippen LogP contribution in [0.1, 0.15) is 12.8 Å². The van der Waals surface area contributed by atoms with Crippen LogP contribution in [0.15, 0.2) is 54.6 Å². The predicted octanol–water partition coefficient (Wildman–Crippen LogP) is 1.64. The highest BCUT2D eigenvalue weighted by Crippen LogP contribution is 2.25. The third-order valence-corrected chi connectivity index (χ3v) is 3.41. The van der Waals surface area contributed by atoms with Crippen molar-refractivity contribution in [2.24, 2.45) is 0 Å². The van der Waals surface area contributed by atoms with Crippen LogP contribution in [-0.2, 0) is 14.4 Å². The average Bonchev–Trinajstić information content (AvgIpc) is 2.70. The van der Waals surface area contributed by atoms with Crippen LogP contribution in [0.2, 0.25) is 0 Å². The molecule has 0 radical (unpaired) electrons. The van der Waals surface area contributed by atoms with Gasteiger partial charge in [0, 0.05) is 18.5 Å². The standard InChI is InChI=1S/C19H21N3O5/c1-26-15-9-5-6-10-16(15)27-13-19(25)22-21-18(24)12-11-17(23)20-14-7-3-2-4-8-14/h2-10H,11-13H2,1H3,(H,20,23)(H,21,24)(H,22,25). The summed E-state index contributed by atoms with van der Waals surface area (Å²) >= 11 is 0. The number of rotatable bonds is 8. The van der Waals surface area contributed by atoms with Gasteiger partial charge in [-0.2, -0.15) is 0 Å². The molecule has 0 atom stereocenters. The maximum Gasteiger partial charge on any atom is 0.276 e. The molecule has 0 saturated carbocycles. The Hall–Kier alpha value is -3.55. The van der Waals surface area contributed by atoms with Crippen LogP contribution in [0.25, 0.3) is 0 Å². The van der Waals surface area contributed by atoms with E-state index >= 15 is 0 Å². The van der Waals surface area contributed by atoms with Crippen LogP contribution in [0.5, 0.6) is 11.5 Å². The Morgan fingerprint density at radius 3 is 2.07 bits per heavy atom. The third-order valence-electron chi connectivity index (χ3n) is 3.41. The number of nitrogens with one attached hydrogen (secondary N) is 3. The Bertz CT molecular complexity index is 780. The molecule has 0 heterocycles. The summed E-state index contributed by atoms with van der Waals surface area (Å²) in [6.07, 6.45) is -0.0688. The van der Waals surface area contributed by atoms with E-state index in [1.165, 1.54) is 7.11 Å². The first kappa shape index (κ1) is 19.8. The fraction of sp³-hybridized carbons (Fsp3) is 0.211. The Morgan fingerprint density at radius 2 is 1.37 bits per heavy atom. The summed E-state index contributed by atoms with van der Waals surface area (Å²) in [7, 11) is 1.50. The van der Waals surface area contributed by atoms with Crippen molar-refractivity contribution in [3.05, 3.63) is 54.6 Å². The van der Waals surface area contributed by atoms with E-state index in [0.29, 0.717) is 17.2 Å². The van der Waals surface area contributed by atoms with Crippen LogP contribution in [-0.4, -0.2) is 31.4 Å². The Morgan fingerprint density at radius 1 is 0.778 bits per heavy atom. The largest absolute Gasteiger partial charge is 0.493 e. The molecule has 0 aliphatic carbocycles. The number of hydrazine groups is 1. The number of ether oxygens (including phenoxy) is 2. The monoisotopic (exact) mass is 371 g/mol. The second kappa shape index (κ2) is 10.4. The SMILES string of the molecule is COc1ccccc1OCC(=O)NNC(=O)CCC(=O)Nc1ccccc1. The van der Waals surface area contributed by atoms with E-state index in [2.05, 4.69) is 16.2 Å². The molecule has 3 amide bonds. The molecule has 8 nitrogen and oxygen atoms in total. The van der Waals surface area contributed by atoms with Gasteiger partial charge < -0.3 is 14.8 Å². The van der Waals surface area contributed by atoms with Crippen molar-refractivity contribution >= 4 is 23.4 Å². The second-order valence-corrected chi connectivity index (χ2v) is 5.45. The molecular formula is C19H21N3O5. The van der Waals surface area contributed by atoms with E-state index < -0.39 is 11.8 Å². The minimum absolute atomic E-state index is 0.00564. The summed E-state index contributed by atoms with van der Waals surface area (Å²) in [5.74, 6) is -0.396. The van der Waals surface area contributed by atoms with Gasteiger partial charge in [-0.25, -0.2) is 0 Å². The van der Waals surface area contributed by atoms with Crippen molar-refractivity contribution in [1.29, 1.82) is 0 Å². The number of para-hydroxylation sites is 3. The van der Waals surface area contributed by atoms with Crippen LogP contribution in [0, 0.1) is 0 Å². The normalized spacial score (nSPS) is 9.81. The Labute approximate surface area is 156 Å². The molecule has 0 fully saturated rings. The van der Waals surface area contributed by atoms with Gasteiger partial charge in [-0.3, -0.25) is 25.2 Å². The van der Waals surface area contributed by atoms with E-state index in [1.807, 2.05) is 6.07 Å². The van der Waals surface area contributed by atoms with E-state index in [9.17, 15) is 14.4 Å². The summed E-state index contributed by atoms with van der Waals surface area (Å²) in [5, 5.41) is 2.67. The molecule has 2 rings (SSSR count). The highest BCUT2D eigenvalue weighted by Gasteiger charge is 2.10. The van der Waals surface area contributed by atoms with Gasteiger partial charge in [-0.1, -0.05) is 30.3 Å². The number of anilines is 1. The fourth-order valence-electron chi connectivity index (χ4n) is 2.09. The first-order valence-electron chi connectivity index (χ1n) is 8.27. The van der Waals surface area contributed by atoms with Crippen molar-refractivity contribution in [2.45, 2.75) is 12.8 Å². The topological polar surface area (TPSA) is 106 Å². The fourth-order valence-corrected chi connectivity index (χ4v) is 2.09. The molecule has 2 aromatic rings. The lowest BCUT2D eigenvalue weighted by Crippen LogP contribution is -2.44. The molecule has 0 aliphatic heterocycles. The summed E-state index contributed by atoms with van der Waals surface area (Å²) in [6, 6.07) is 15.8. The number of hydrogen-bond donors (Lipinski definition) is 3. The summed E-state index contributed by atoms with van der Waals surface area (Å²) in [6.45, 7) is -0.296. The Balaban J connectivity index is 1.64. The van der Waals surface area contributed by atoms with Crippen LogP contribution < -0.4 is 25.6 Å².